The Morgan fingerprint density at radius 2 is 1.94 bits per heavy atom. The predicted molar refractivity (Wildman–Crippen MR) is 66.6 cm³/mol. The third kappa shape index (κ3) is 3.11. The van der Waals surface area contributed by atoms with Crippen LogP contribution in [0.3, 0.4) is 0 Å². The predicted octanol–water partition coefficient (Wildman–Crippen LogP) is 4.11. The van der Waals surface area contributed by atoms with Gasteiger partial charge in [-0.05, 0) is 29.8 Å². The summed E-state index contributed by atoms with van der Waals surface area (Å²) in [4.78, 5) is 2.20. The average Bonchev–Trinajstić information content (AvgIpc) is 2.37. The van der Waals surface area contributed by atoms with Crippen molar-refractivity contribution in [2.75, 3.05) is 4.84 Å². The van der Waals surface area contributed by atoms with Gasteiger partial charge in [-0.1, -0.05) is 12.1 Å². The number of hydrogen-bond donors (Lipinski definition) is 1. The van der Waals surface area contributed by atoms with Gasteiger partial charge in [0.25, 0.3) is 0 Å². The first-order valence-electron chi connectivity index (χ1n) is 5.22. The fraction of sp³-hybridized carbons (Fsp3) is 0.0769. The summed E-state index contributed by atoms with van der Waals surface area (Å²) in [6.07, 6.45) is 0. The molecule has 0 fully saturated rings. The van der Waals surface area contributed by atoms with E-state index in [0.29, 0.717) is 11.3 Å². The number of anilines is 1. The van der Waals surface area contributed by atoms with Crippen LogP contribution in [0.15, 0.2) is 42.5 Å². The Labute approximate surface area is 108 Å². The first-order valence-corrected chi connectivity index (χ1v) is 5.60. The number of ether oxygens (including phenoxy) is 1. The van der Waals surface area contributed by atoms with Crippen LogP contribution >= 0.6 is 11.8 Å². The van der Waals surface area contributed by atoms with Crippen molar-refractivity contribution < 1.29 is 13.5 Å². The lowest BCUT2D eigenvalue weighted by atomic mass is 10.2. The minimum absolute atomic E-state index is 0.171. The second kappa shape index (κ2) is 5.69. The minimum atomic E-state index is -0.512. The molecular formula is C13H10ClF2NO. The fourth-order valence-electron chi connectivity index (χ4n) is 1.46. The Bertz CT molecular complexity index is 548. The Kier molecular flexibility index (Phi) is 3.99. The van der Waals surface area contributed by atoms with Gasteiger partial charge in [-0.3, -0.25) is 4.84 Å². The summed E-state index contributed by atoms with van der Waals surface area (Å²) in [5.74, 6) is -0.488. The van der Waals surface area contributed by atoms with Crippen LogP contribution in [0.2, 0.25) is 0 Å². The van der Waals surface area contributed by atoms with Crippen molar-refractivity contribution in [3.05, 3.63) is 59.7 Å². The lowest BCUT2D eigenvalue weighted by molar-refractivity contribution is 0.304. The summed E-state index contributed by atoms with van der Waals surface area (Å²) < 4.78 is 31.6. The molecule has 0 bridgehead atoms. The molecule has 0 amide bonds. The monoisotopic (exact) mass is 269 g/mol. The molecule has 2 aromatic rings. The minimum Gasteiger partial charge on any atom is -0.489 e. The van der Waals surface area contributed by atoms with E-state index in [1.807, 2.05) is 0 Å². The summed E-state index contributed by atoms with van der Waals surface area (Å²) in [5.41, 5.74) is 0.852. The molecule has 2 nitrogen and oxygen atoms in total. The zero-order valence-corrected chi connectivity index (χ0v) is 10.0. The zero-order chi connectivity index (χ0) is 13.0. The number of hydrogen-bond acceptors (Lipinski definition) is 2. The van der Waals surface area contributed by atoms with Gasteiger partial charge in [0.15, 0.2) is 5.82 Å². The van der Waals surface area contributed by atoms with E-state index in [2.05, 4.69) is 4.84 Å². The summed E-state index contributed by atoms with van der Waals surface area (Å²) in [7, 11) is 0. The quantitative estimate of drug-likeness (QED) is 0.844. The van der Waals surface area contributed by atoms with Gasteiger partial charge in [0, 0.05) is 17.8 Å². The van der Waals surface area contributed by atoms with Crippen molar-refractivity contribution in [2.24, 2.45) is 0 Å². The van der Waals surface area contributed by atoms with Crippen molar-refractivity contribution >= 4 is 17.5 Å². The molecule has 0 atom stereocenters. The molecule has 0 radical (unpaired) electrons. The molecule has 0 saturated heterocycles. The first-order chi connectivity index (χ1) is 8.69. The van der Waals surface area contributed by atoms with Crippen molar-refractivity contribution in [3.8, 4) is 5.75 Å². The smallest absolute Gasteiger partial charge is 0.151 e. The van der Waals surface area contributed by atoms with Gasteiger partial charge in [0.1, 0.15) is 18.2 Å². The Morgan fingerprint density at radius 1 is 1.11 bits per heavy atom. The van der Waals surface area contributed by atoms with Crippen LogP contribution in [0.5, 0.6) is 5.75 Å². The number of benzene rings is 2. The summed E-state index contributed by atoms with van der Waals surface area (Å²) in [6.45, 7) is 0.171. The van der Waals surface area contributed by atoms with Crippen molar-refractivity contribution in [2.45, 2.75) is 6.61 Å². The van der Waals surface area contributed by atoms with Gasteiger partial charge >= 0.3 is 0 Å². The third-order valence-corrected chi connectivity index (χ3v) is 2.54. The maximum absolute atomic E-state index is 13.4. The molecule has 0 spiro atoms. The van der Waals surface area contributed by atoms with E-state index in [-0.39, 0.29) is 18.1 Å². The van der Waals surface area contributed by atoms with Gasteiger partial charge in [-0.15, -0.1) is 0 Å². The van der Waals surface area contributed by atoms with Crippen LogP contribution in [-0.2, 0) is 6.61 Å². The number of nitrogens with one attached hydrogen (secondary N) is 1. The van der Waals surface area contributed by atoms with Crippen LogP contribution in [-0.4, -0.2) is 0 Å². The SMILES string of the molecule is Fc1cccc(COc2ccc(NCl)c(F)c2)c1. The second-order valence-corrected chi connectivity index (χ2v) is 3.84. The van der Waals surface area contributed by atoms with Crippen LogP contribution < -0.4 is 9.57 Å². The highest BCUT2D eigenvalue weighted by Crippen LogP contribution is 2.22. The number of halogens is 3. The maximum Gasteiger partial charge on any atom is 0.151 e. The lowest BCUT2D eigenvalue weighted by Gasteiger charge is -2.08. The molecule has 0 aliphatic heterocycles. The van der Waals surface area contributed by atoms with E-state index in [0.717, 1.165) is 0 Å². The fourth-order valence-corrected chi connectivity index (χ4v) is 1.61. The standard InChI is InChI=1S/C13H10ClF2NO/c14-17-13-5-4-11(7-12(13)16)18-8-9-2-1-3-10(15)6-9/h1-7,17H,8H2. The van der Waals surface area contributed by atoms with Gasteiger partial charge in [-0.25, -0.2) is 8.78 Å². The molecule has 0 aromatic heterocycles. The van der Waals surface area contributed by atoms with Crippen LogP contribution in [0.4, 0.5) is 14.5 Å². The molecular weight excluding hydrogens is 260 g/mol. The number of rotatable bonds is 4. The van der Waals surface area contributed by atoms with E-state index < -0.39 is 5.82 Å². The maximum atomic E-state index is 13.4. The van der Waals surface area contributed by atoms with Crippen molar-refractivity contribution in [3.63, 3.8) is 0 Å². The molecule has 0 aliphatic carbocycles. The van der Waals surface area contributed by atoms with Crippen LogP contribution in [0, 0.1) is 11.6 Å². The van der Waals surface area contributed by atoms with Crippen molar-refractivity contribution in [1.29, 1.82) is 0 Å². The Morgan fingerprint density at radius 3 is 2.61 bits per heavy atom. The Hall–Kier alpha value is -1.81. The molecule has 0 unspecified atom stereocenters. The van der Waals surface area contributed by atoms with Gasteiger partial charge in [0.05, 0.1) is 5.69 Å². The van der Waals surface area contributed by atoms with E-state index in [1.54, 1.807) is 18.2 Å². The average molecular weight is 270 g/mol. The summed E-state index contributed by atoms with van der Waals surface area (Å²) in [6, 6.07) is 10.3. The first kappa shape index (κ1) is 12.6. The lowest BCUT2D eigenvalue weighted by Crippen LogP contribution is -1.97. The van der Waals surface area contributed by atoms with Gasteiger partial charge < -0.3 is 4.74 Å². The molecule has 1 N–H and O–H groups in total. The third-order valence-electron chi connectivity index (χ3n) is 2.34. The highest BCUT2D eigenvalue weighted by Gasteiger charge is 2.03. The molecule has 0 heterocycles. The molecule has 18 heavy (non-hydrogen) atoms. The Balaban J connectivity index is 2.04. The van der Waals surface area contributed by atoms with Crippen LogP contribution in [0.1, 0.15) is 5.56 Å². The van der Waals surface area contributed by atoms with Gasteiger partial charge in [0.2, 0.25) is 0 Å². The highest BCUT2D eigenvalue weighted by molar-refractivity contribution is 6.24. The van der Waals surface area contributed by atoms with E-state index in [4.69, 9.17) is 16.5 Å². The summed E-state index contributed by atoms with van der Waals surface area (Å²) in [5, 5.41) is 0. The van der Waals surface area contributed by atoms with E-state index >= 15 is 0 Å². The topological polar surface area (TPSA) is 21.3 Å². The zero-order valence-electron chi connectivity index (χ0n) is 9.29. The summed E-state index contributed by atoms with van der Waals surface area (Å²) >= 11 is 5.30. The largest absolute Gasteiger partial charge is 0.489 e. The molecule has 0 saturated carbocycles. The molecule has 2 rings (SSSR count). The van der Waals surface area contributed by atoms with Crippen LogP contribution in [0.25, 0.3) is 0 Å². The van der Waals surface area contributed by atoms with E-state index in [9.17, 15) is 8.78 Å². The van der Waals surface area contributed by atoms with Crippen molar-refractivity contribution in [1.82, 2.24) is 0 Å². The second-order valence-electron chi connectivity index (χ2n) is 3.65. The van der Waals surface area contributed by atoms with Gasteiger partial charge in [-0.2, -0.15) is 0 Å². The van der Waals surface area contributed by atoms with E-state index in [1.165, 1.54) is 24.3 Å². The molecule has 2 aromatic carbocycles. The molecule has 5 heteroatoms. The molecule has 94 valence electrons. The normalized spacial score (nSPS) is 10.2. The highest BCUT2D eigenvalue weighted by atomic mass is 35.5. The molecule has 0 aliphatic rings.